The minimum atomic E-state index is -0.615. The molecule has 0 aliphatic rings. The first kappa shape index (κ1) is 18.1. The lowest BCUT2D eigenvalue weighted by Crippen LogP contribution is -2.42. The summed E-state index contributed by atoms with van der Waals surface area (Å²) in [6.07, 6.45) is 0. The van der Waals surface area contributed by atoms with Gasteiger partial charge in [0, 0.05) is 29.5 Å². The van der Waals surface area contributed by atoms with Crippen LogP contribution in [0, 0.1) is 17.0 Å². The van der Waals surface area contributed by atoms with Crippen molar-refractivity contribution in [1.29, 1.82) is 0 Å². The van der Waals surface area contributed by atoms with Gasteiger partial charge in [0.15, 0.2) is 5.16 Å². The summed E-state index contributed by atoms with van der Waals surface area (Å²) < 4.78 is 0. The second kappa shape index (κ2) is 8.06. The molecule has 0 saturated heterocycles. The van der Waals surface area contributed by atoms with Gasteiger partial charge in [0.1, 0.15) is 0 Å². The number of aryl methyl sites for hydroxylation is 1. The summed E-state index contributed by atoms with van der Waals surface area (Å²) in [6.45, 7) is 1.66. The number of aromatic nitrogens is 2. The Bertz CT molecular complexity index is 865. The minimum absolute atomic E-state index is 0.0765. The van der Waals surface area contributed by atoms with Gasteiger partial charge >= 0.3 is 0 Å². The van der Waals surface area contributed by atoms with Gasteiger partial charge in [-0.1, -0.05) is 11.8 Å². The highest BCUT2D eigenvalue weighted by molar-refractivity contribution is 7.99. The molecule has 0 atom stereocenters. The van der Waals surface area contributed by atoms with Gasteiger partial charge in [0.2, 0.25) is 5.91 Å². The van der Waals surface area contributed by atoms with Crippen molar-refractivity contribution in [3.63, 3.8) is 0 Å². The molecule has 0 radical (unpaired) electrons. The molecule has 10 nitrogen and oxygen atoms in total. The molecule has 1 aromatic carbocycles. The summed E-state index contributed by atoms with van der Waals surface area (Å²) >= 11 is 1.00. The first-order valence-electron chi connectivity index (χ1n) is 6.89. The van der Waals surface area contributed by atoms with Gasteiger partial charge in [-0.2, -0.15) is 0 Å². The molecule has 11 heteroatoms. The van der Waals surface area contributed by atoms with Crippen LogP contribution in [-0.4, -0.2) is 32.5 Å². The monoisotopic (exact) mass is 363 g/mol. The van der Waals surface area contributed by atoms with Crippen molar-refractivity contribution in [1.82, 2.24) is 20.8 Å². The Labute approximate surface area is 145 Å². The van der Waals surface area contributed by atoms with Crippen LogP contribution in [0.2, 0.25) is 0 Å². The average Bonchev–Trinajstić information content (AvgIpc) is 2.57. The molecule has 130 valence electrons. The highest BCUT2D eigenvalue weighted by Gasteiger charge is 2.11. The number of H-pyrrole nitrogens is 1. The maximum atomic E-state index is 11.8. The molecule has 1 aromatic heterocycles. The van der Waals surface area contributed by atoms with Crippen LogP contribution in [0.25, 0.3) is 0 Å². The first-order chi connectivity index (χ1) is 11.8. The van der Waals surface area contributed by atoms with E-state index in [0.29, 0.717) is 10.9 Å². The SMILES string of the molecule is Cc1cc(=O)[nH]c(SCC(=O)NNC(=O)c2ccc([N+](=O)[O-])cc2)n1. The average molecular weight is 363 g/mol. The van der Waals surface area contributed by atoms with Crippen molar-refractivity contribution in [2.45, 2.75) is 12.1 Å². The largest absolute Gasteiger partial charge is 0.301 e. The van der Waals surface area contributed by atoms with Crippen LogP contribution < -0.4 is 16.4 Å². The standard InChI is InChI=1S/C14H13N5O5S/c1-8-6-11(20)16-14(15-8)25-7-12(21)17-18-13(22)9-2-4-10(5-3-9)19(23)24/h2-6H,7H2,1H3,(H,17,21)(H,18,22)(H,15,16,20). The molecule has 2 amide bonds. The summed E-state index contributed by atoms with van der Waals surface area (Å²) in [7, 11) is 0. The number of nitro benzene ring substituents is 1. The van der Waals surface area contributed by atoms with E-state index in [1.165, 1.54) is 30.3 Å². The highest BCUT2D eigenvalue weighted by atomic mass is 32.2. The maximum absolute atomic E-state index is 11.8. The zero-order valence-corrected chi connectivity index (χ0v) is 13.8. The number of amides is 2. The summed E-state index contributed by atoms with van der Waals surface area (Å²) in [5.74, 6) is -1.20. The van der Waals surface area contributed by atoms with Crippen molar-refractivity contribution in [2.24, 2.45) is 0 Å². The molecule has 0 aliphatic carbocycles. The number of nitro groups is 1. The molecule has 2 rings (SSSR count). The van der Waals surface area contributed by atoms with E-state index >= 15 is 0 Å². The normalized spacial score (nSPS) is 10.1. The van der Waals surface area contributed by atoms with Gasteiger partial charge in [0.25, 0.3) is 17.2 Å². The smallest absolute Gasteiger partial charge is 0.269 e. The minimum Gasteiger partial charge on any atom is -0.301 e. The van der Waals surface area contributed by atoms with E-state index in [-0.39, 0.29) is 22.6 Å². The van der Waals surface area contributed by atoms with Gasteiger partial charge in [0.05, 0.1) is 10.7 Å². The predicted octanol–water partition coefficient (Wildman–Crippen LogP) is 0.540. The number of hydrogen-bond acceptors (Lipinski definition) is 7. The van der Waals surface area contributed by atoms with Gasteiger partial charge in [-0.25, -0.2) is 4.98 Å². The Kier molecular flexibility index (Phi) is 5.84. The van der Waals surface area contributed by atoms with Crippen molar-refractivity contribution in [3.05, 3.63) is 62.1 Å². The van der Waals surface area contributed by atoms with E-state index in [1.54, 1.807) is 6.92 Å². The number of nitrogens with zero attached hydrogens (tertiary/aromatic N) is 2. The highest BCUT2D eigenvalue weighted by Crippen LogP contribution is 2.12. The molecule has 0 unspecified atom stereocenters. The van der Waals surface area contributed by atoms with E-state index < -0.39 is 16.7 Å². The van der Waals surface area contributed by atoms with Crippen LogP contribution in [0.5, 0.6) is 0 Å². The Balaban J connectivity index is 1.83. The van der Waals surface area contributed by atoms with Gasteiger partial charge < -0.3 is 4.98 Å². The first-order valence-corrected chi connectivity index (χ1v) is 7.88. The molecular weight excluding hydrogens is 350 g/mol. The third-order valence-electron chi connectivity index (χ3n) is 2.84. The second-order valence-electron chi connectivity index (χ2n) is 4.79. The van der Waals surface area contributed by atoms with E-state index in [9.17, 15) is 24.5 Å². The fourth-order valence-corrected chi connectivity index (χ4v) is 2.44. The predicted molar refractivity (Wildman–Crippen MR) is 89.0 cm³/mol. The van der Waals surface area contributed by atoms with Crippen LogP contribution in [0.1, 0.15) is 16.1 Å². The van der Waals surface area contributed by atoms with Crippen molar-refractivity contribution in [2.75, 3.05) is 5.75 Å². The topological polar surface area (TPSA) is 147 Å². The maximum Gasteiger partial charge on any atom is 0.269 e. The fourth-order valence-electron chi connectivity index (χ4n) is 1.72. The molecule has 1 heterocycles. The molecule has 3 N–H and O–H groups in total. The molecule has 2 aromatic rings. The quantitative estimate of drug-likeness (QED) is 0.304. The van der Waals surface area contributed by atoms with Gasteiger partial charge in [-0.05, 0) is 19.1 Å². The zero-order chi connectivity index (χ0) is 18.4. The zero-order valence-electron chi connectivity index (χ0n) is 12.9. The number of hydrazine groups is 1. The number of aromatic amines is 1. The number of non-ortho nitro benzene ring substituents is 1. The fraction of sp³-hybridized carbons (Fsp3) is 0.143. The number of carbonyl (C=O) groups excluding carboxylic acids is 2. The molecule has 0 bridgehead atoms. The summed E-state index contributed by atoms with van der Waals surface area (Å²) in [5, 5.41) is 10.8. The molecule has 25 heavy (non-hydrogen) atoms. The van der Waals surface area contributed by atoms with Crippen LogP contribution >= 0.6 is 11.8 Å². The Morgan fingerprint density at radius 1 is 1.28 bits per heavy atom. The number of rotatable bonds is 5. The van der Waals surface area contributed by atoms with Crippen LogP contribution in [0.15, 0.2) is 40.3 Å². The lowest BCUT2D eigenvalue weighted by molar-refractivity contribution is -0.384. The third kappa shape index (κ3) is 5.42. The second-order valence-corrected chi connectivity index (χ2v) is 5.75. The van der Waals surface area contributed by atoms with E-state index in [2.05, 4.69) is 20.8 Å². The van der Waals surface area contributed by atoms with Crippen LogP contribution in [-0.2, 0) is 4.79 Å². The number of benzene rings is 1. The Morgan fingerprint density at radius 3 is 2.56 bits per heavy atom. The number of nitrogens with one attached hydrogen (secondary N) is 3. The molecule has 0 fully saturated rings. The van der Waals surface area contributed by atoms with E-state index in [1.807, 2.05) is 0 Å². The molecule has 0 aliphatic heterocycles. The third-order valence-corrected chi connectivity index (χ3v) is 3.72. The van der Waals surface area contributed by atoms with Crippen molar-refractivity contribution in [3.8, 4) is 0 Å². The summed E-state index contributed by atoms with van der Waals surface area (Å²) in [5.41, 5.74) is 4.62. The van der Waals surface area contributed by atoms with E-state index in [0.717, 1.165) is 11.8 Å². The number of thioether (sulfide) groups is 1. The number of carbonyl (C=O) groups is 2. The molecular formula is C14H13N5O5S. The van der Waals surface area contributed by atoms with Crippen LogP contribution in [0.3, 0.4) is 0 Å². The van der Waals surface area contributed by atoms with Crippen molar-refractivity contribution < 1.29 is 14.5 Å². The summed E-state index contributed by atoms with van der Waals surface area (Å²) in [4.78, 5) is 51.3. The summed E-state index contributed by atoms with van der Waals surface area (Å²) in [6, 6.07) is 6.25. The Morgan fingerprint density at radius 2 is 1.96 bits per heavy atom. The number of hydrogen-bond donors (Lipinski definition) is 3. The lowest BCUT2D eigenvalue weighted by Gasteiger charge is -2.07. The Hall–Kier alpha value is -3.21. The van der Waals surface area contributed by atoms with Crippen molar-refractivity contribution >= 4 is 29.3 Å². The van der Waals surface area contributed by atoms with Gasteiger partial charge in [-0.3, -0.25) is 35.3 Å². The molecule has 0 saturated carbocycles. The van der Waals surface area contributed by atoms with Gasteiger partial charge in [-0.15, -0.1) is 0 Å². The van der Waals surface area contributed by atoms with E-state index in [4.69, 9.17) is 0 Å². The lowest BCUT2D eigenvalue weighted by atomic mass is 10.2. The molecule has 0 spiro atoms. The van der Waals surface area contributed by atoms with Crippen LogP contribution in [0.4, 0.5) is 5.69 Å².